The van der Waals surface area contributed by atoms with Gasteiger partial charge in [0.2, 0.25) is 5.89 Å². The SMILES string of the molecule is CCC1(c2nc3cc(Cl)cc(Cl)c3o2)CCCNC1. The van der Waals surface area contributed by atoms with E-state index in [1.807, 2.05) is 0 Å². The Kier molecular flexibility index (Phi) is 3.46. The normalized spacial score (nSPS) is 23.9. The number of nitrogens with zero attached hydrogens (tertiary/aromatic N) is 1. The molecule has 0 saturated carbocycles. The van der Waals surface area contributed by atoms with E-state index in [0.29, 0.717) is 15.6 Å². The second-order valence-corrected chi connectivity index (χ2v) is 6.01. The average Bonchev–Trinajstić information content (AvgIpc) is 2.84. The molecule has 102 valence electrons. The summed E-state index contributed by atoms with van der Waals surface area (Å²) in [6.45, 7) is 4.15. The summed E-state index contributed by atoms with van der Waals surface area (Å²) in [7, 11) is 0. The lowest BCUT2D eigenvalue weighted by molar-refractivity contribution is 0.249. The molecule has 1 aliphatic heterocycles. The van der Waals surface area contributed by atoms with Crippen LogP contribution in [0.5, 0.6) is 0 Å². The van der Waals surface area contributed by atoms with Crippen molar-refractivity contribution in [3.63, 3.8) is 0 Å². The number of halogens is 2. The predicted molar refractivity (Wildman–Crippen MR) is 78.1 cm³/mol. The van der Waals surface area contributed by atoms with E-state index in [9.17, 15) is 0 Å². The van der Waals surface area contributed by atoms with E-state index in [1.54, 1.807) is 12.1 Å². The van der Waals surface area contributed by atoms with Crippen LogP contribution >= 0.6 is 23.2 Å². The van der Waals surface area contributed by atoms with Gasteiger partial charge in [-0.15, -0.1) is 0 Å². The van der Waals surface area contributed by atoms with Crippen molar-refractivity contribution in [1.82, 2.24) is 10.3 Å². The number of oxazole rings is 1. The van der Waals surface area contributed by atoms with Gasteiger partial charge >= 0.3 is 0 Å². The van der Waals surface area contributed by atoms with Crippen LogP contribution in [0.15, 0.2) is 16.5 Å². The van der Waals surface area contributed by atoms with Gasteiger partial charge in [0.15, 0.2) is 5.58 Å². The summed E-state index contributed by atoms with van der Waals surface area (Å²) in [5, 5.41) is 4.55. The number of piperidine rings is 1. The van der Waals surface area contributed by atoms with E-state index in [0.717, 1.165) is 43.8 Å². The van der Waals surface area contributed by atoms with Gasteiger partial charge in [-0.3, -0.25) is 0 Å². The number of benzene rings is 1. The third kappa shape index (κ3) is 2.24. The zero-order valence-electron chi connectivity index (χ0n) is 10.8. The largest absolute Gasteiger partial charge is 0.438 e. The lowest BCUT2D eigenvalue weighted by Gasteiger charge is -2.33. The molecule has 0 spiro atoms. The maximum Gasteiger partial charge on any atom is 0.203 e. The molecule has 5 heteroatoms. The molecule has 3 rings (SSSR count). The van der Waals surface area contributed by atoms with Crippen molar-refractivity contribution in [2.24, 2.45) is 0 Å². The van der Waals surface area contributed by atoms with Crippen LogP contribution in [0.2, 0.25) is 10.0 Å². The summed E-state index contributed by atoms with van der Waals surface area (Å²) in [5.74, 6) is 0.779. The number of aromatic nitrogens is 1. The van der Waals surface area contributed by atoms with Gasteiger partial charge in [-0.1, -0.05) is 30.1 Å². The molecule has 2 heterocycles. The van der Waals surface area contributed by atoms with Gasteiger partial charge in [0.05, 0.1) is 10.4 Å². The summed E-state index contributed by atoms with van der Waals surface area (Å²) in [4.78, 5) is 4.63. The highest BCUT2D eigenvalue weighted by Gasteiger charge is 2.37. The Hall–Kier alpha value is -0.770. The summed E-state index contributed by atoms with van der Waals surface area (Å²) in [6, 6.07) is 3.49. The standard InChI is InChI=1S/C14H16Cl2N2O/c1-2-14(4-3-5-17-8-14)13-18-11-7-9(15)6-10(16)12(11)19-13/h6-7,17H,2-5,8H2,1H3. The van der Waals surface area contributed by atoms with Crippen LogP contribution in [0, 0.1) is 0 Å². The van der Waals surface area contributed by atoms with E-state index in [-0.39, 0.29) is 5.41 Å². The Morgan fingerprint density at radius 3 is 2.95 bits per heavy atom. The van der Waals surface area contributed by atoms with Crippen molar-refractivity contribution in [3.8, 4) is 0 Å². The topological polar surface area (TPSA) is 38.1 Å². The molecule has 1 aliphatic rings. The first kappa shape index (κ1) is 13.2. The first-order valence-corrected chi connectivity index (χ1v) is 7.37. The fourth-order valence-corrected chi connectivity index (χ4v) is 3.31. The quantitative estimate of drug-likeness (QED) is 0.904. The second kappa shape index (κ2) is 4.97. The molecule has 2 aromatic rings. The Bertz CT molecular complexity index is 603. The molecule has 19 heavy (non-hydrogen) atoms. The average molecular weight is 299 g/mol. The molecular weight excluding hydrogens is 283 g/mol. The van der Waals surface area contributed by atoms with Crippen LogP contribution < -0.4 is 5.32 Å². The molecule has 3 nitrogen and oxygen atoms in total. The van der Waals surface area contributed by atoms with Crippen molar-refractivity contribution in [3.05, 3.63) is 28.1 Å². The van der Waals surface area contributed by atoms with Gasteiger partial charge in [0.1, 0.15) is 5.52 Å². The highest BCUT2D eigenvalue weighted by atomic mass is 35.5. The van der Waals surface area contributed by atoms with Gasteiger partial charge in [-0.2, -0.15) is 0 Å². The Balaban J connectivity index is 2.11. The predicted octanol–water partition coefficient (Wildman–Crippen LogP) is 4.17. The number of nitrogens with one attached hydrogen (secondary N) is 1. The summed E-state index contributed by atoms with van der Waals surface area (Å²) in [6.07, 6.45) is 3.23. The van der Waals surface area contributed by atoms with Crippen LogP contribution in [0.1, 0.15) is 32.1 Å². The van der Waals surface area contributed by atoms with Gasteiger partial charge < -0.3 is 9.73 Å². The van der Waals surface area contributed by atoms with Crippen molar-refractivity contribution in [2.45, 2.75) is 31.6 Å². The highest BCUT2D eigenvalue weighted by molar-refractivity contribution is 6.37. The molecule has 1 fully saturated rings. The number of hydrogen-bond acceptors (Lipinski definition) is 3. The zero-order valence-corrected chi connectivity index (χ0v) is 12.3. The van der Waals surface area contributed by atoms with Crippen molar-refractivity contribution >= 4 is 34.3 Å². The maximum absolute atomic E-state index is 6.17. The number of fused-ring (bicyclic) bond motifs is 1. The van der Waals surface area contributed by atoms with Crippen molar-refractivity contribution in [1.29, 1.82) is 0 Å². The molecule has 0 amide bonds. The molecule has 1 aromatic carbocycles. The van der Waals surface area contributed by atoms with E-state index in [1.165, 1.54) is 0 Å². The summed E-state index contributed by atoms with van der Waals surface area (Å²) < 4.78 is 5.95. The Morgan fingerprint density at radius 2 is 2.26 bits per heavy atom. The lowest BCUT2D eigenvalue weighted by Crippen LogP contribution is -2.43. The van der Waals surface area contributed by atoms with Crippen LogP contribution in [0.4, 0.5) is 0 Å². The zero-order chi connectivity index (χ0) is 13.5. The first-order valence-electron chi connectivity index (χ1n) is 6.61. The molecular formula is C14H16Cl2N2O. The highest BCUT2D eigenvalue weighted by Crippen LogP contribution is 2.37. The smallest absolute Gasteiger partial charge is 0.203 e. The second-order valence-electron chi connectivity index (χ2n) is 5.17. The first-order chi connectivity index (χ1) is 9.14. The third-order valence-electron chi connectivity index (χ3n) is 4.01. The monoisotopic (exact) mass is 298 g/mol. The molecule has 0 aliphatic carbocycles. The van der Waals surface area contributed by atoms with Gasteiger partial charge in [0, 0.05) is 11.6 Å². The fraction of sp³-hybridized carbons (Fsp3) is 0.500. The summed E-state index contributed by atoms with van der Waals surface area (Å²) >= 11 is 12.2. The third-order valence-corrected chi connectivity index (χ3v) is 4.51. The fourth-order valence-electron chi connectivity index (χ4n) is 2.79. The minimum absolute atomic E-state index is 0.0208. The number of rotatable bonds is 2. The van der Waals surface area contributed by atoms with E-state index < -0.39 is 0 Å². The van der Waals surface area contributed by atoms with Gasteiger partial charge in [-0.25, -0.2) is 4.98 Å². The Labute approximate surface area is 122 Å². The molecule has 0 radical (unpaired) electrons. The van der Waals surface area contributed by atoms with Crippen molar-refractivity contribution in [2.75, 3.05) is 13.1 Å². The van der Waals surface area contributed by atoms with E-state index in [2.05, 4.69) is 17.2 Å². The maximum atomic E-state index is 6.17. The molecule has 1 aromatic heterocycles. The van der Waals surface area contributed by atoms with Gasteiger partial charge in [0.25, 0.3) is 0 Å². The molecule has 1 atom stereocenters. The summed E-state index contributed by atoms with van der Waals surface area (Å²) in [5.41, 5.74) is 1.36. The number of hydrogen-bond donors (Lipinski definition) is 1. The molecule has 1 N–H and O–H groups in total. The Morgan fingerprint density at radius 1 is 1.42 bits per heavy atom. The molecule has 1 saturated heterocycles. The van der Waals surface area contributed by atoms with Crippen LogP contribution in [-0.2, 0) is 5.41 Å². The molecule has 1 unspecified atom stereocenters. The van der Waals surface area contributed by atoms with Crippen LogP contribution in [0.25, 0.3) is 11.1 Å². The minimum atomic E-state index is -0.0208. The van der Waals surface area contributed by atoms with Crippen LogP contribution in [-0.4, -0.2) is 18.1 Å². The van der Waals surface area contributed by atoms with Crippen LogP contribution in [0.3, 0.4) is 0 Å². The van der Waals surface area contributed by atoms with E-state index >= 15 is 0 Å². The van der Waals surface area contributed by atoms with E-state index in [4.69, 9.17) is 27.6 Å². The molecule has 0 bridgehead atoms. The minimum Gasteiger partial charge on any atom is -0.438 e. The van der Waals surface area contributed by atoms with Crippen molar-refractivity contribution < 1.29 is 4.42 Å². The lowest BCUT2D eigenvalue weighted by atomic mass is 9.78. The van der Waals surface area contributed by atoms with Gasteiger partial charge in [-0.05, 0) is 37.9 Å².